The second-order valence-corrected chi connectivity index (χ2v) is 11.0. The van der Waals surface area contributed by atoms with Crippen LogP contribution in [-0.4, -0.2) is 35.0 Å². The Bertz CT molecular complexity index is 1400. The molecule has 2 heterocycles. The minimum absolute atomic E-state index is 0.373. The third-order valence-electron chi connectivity index (χ3n) is 5.73. The molecule has 0 radical (unpaired) electrons. The zero-order valence-electron chi connectivity index (χ0n) is 22.2. The zero-order chi connectivity index (χ0) is 28.2. The molecule has 0 bridgehead atoms. The molecule has 0 saturated heterocycles. The Kier molecular flexibility index (Phi) is 10.8. The van der Waals surface area contributed by atoms with Gasteiger partial charge in [0.25, 0.3) is 0 Å². The van der Waals surface area contributed by atoms with Crippen LogP contribution in [-0.2, 0) is 9.59 Å². The molecule has 0 saturated carbocycles. The predicted octanol–water partition coefficient (Wildman–Crippen LogP) is 7.51. The highest BCUT2D eigenvalue weighted by atomic mass is 32.1. The summed E-state index contributed by atoms with van der Waals surface area (Å²) in [5.41, 5.74) is 1.64. The lowest BCUT2D eigenvalue weighted by atomic mass is 10.2. The van der Waals surface area contributed by atoms with Crippen LogP contribution in [0.1, 0.15) is 38.5 Å². The number of carbonyl (C=O) groups is 2. The van der Waals surface area contributed by atoms with Crippen LogP contribution in [0.25, 0.3) is 20.4 Å². The third-order valence-corrected chi connectivity index (χ3v) is 7.69. The number of hydrogen-bond donors (Lipinski definition) is 2. The molecule has 2 N–H and O–H groups in total. The highest BCUT2D eigenvalue weighted by Crippen LogP contribution is 2.30. The molecule has 0 atom stereocenters. The highest BCUT2D eigenvalue weighted by Gasteiger charge is 2.10. The maximum atomic E-state index is 12.3. The summed E-state index contributed by atoms with van der Waals surface area (Å²) >= 11 is 2.99. The lowest BCUT2D eigenvalue weighted by Gasteiger charge is -2.02. The van der Waals surface area contributed by atoms with Crippen molar-refractivity contribution in [1.29, 1.82) is 0 Å². The normalized spacial score (nSPS) is 11.1. The van der Waals surface area contributed by atoms with Gasteiger partial charge in [-0.05, 0) is 62.8 Å². The van der Waals surface area contributed by atoms with Gasteiger partial charge in [-0.3, -0.25) is 0 Å². The van der Waals surface area contributed by atoms with E-state index in [1.54, 1.807) is 36.4 Å². The number of benzene rings is 2. The van der Waals surface area contributed by atoms with Crippen molar-refractivity contribution in [2.24, 2.45) is 0 Å². The van der Waals surface area contributed by atoms with E-state index < -0.39 is 11.9 Å². The number of hydrogen-bond acceptors (Lipinski definition) is 10. The second-order valence-electron chi connectivity index (χ2n) is 8.90. The number of carbonyl (C=O) groups excluding carboxylic acids is 2. The van der Waals surface area contributed by atoms with E-state index >= 15 is 0 Å². The van der Waals surface area contributed by atoms with Crippen molar-refractivity contribution in [3.63, 3.8) is 0 Å². The number of fused-ring (bicyclic) bond motifs is 2. The fraction of sp³-hybridized carbons (Fsp3) is 0.267. The molecule has 10 heteroatoms. The summed E-state index contributed by atoms with van der Waals surface area (Å²) in [5.74, 6) is -0.610. The number of aromatic nitrogens is 2. The molecule has 2 aromatic carbocycles. The standard InChI is InChI=1S/C30H32N4O4S2/c1-3-5-7-9-17-31-29-33-23-13-11-21(19-25(23)39-29)37-27(35)15-16-28(36)38-22-12-14-24-26(20-22)40-30(34-24)32-18-10-8-6-4-2/h3-4,11-16,19-20H,1-2,5-10,17-18H2,(H,31,33)(H,32,34)/b16-15-. The van der Waals surface area contributed by atoms with Crippen LogP contribution in [0.2, 0.25) is 0 Å². The van der Waals surface area contributed by atoms with Crippen LogP contribution < -0.4 is 20.1 Å². The Labute approximate surface area is 241 Å². The molecular formula is C30H32N4O4S2. The van der Waals surface area contributed by atoms with Gasteiger partial charge in [0.15, 0.2) is 10.3 Å². The molecule has 0 aliphatic carbocycles. The van der Waals surface area contributed by atoms with E-state index in [4.69, 9.17) is 9.47 Å². The smallest absolute Gasteiger partial charge is 0.336 e. The largest absolute Gasteiger partial charge is 0.423 e. The molecule has 0 unspecified atom stereocenters. The average Bonchev–Trinajstić information content (AvgIpc) is 3.54. The van der Waals surface area contributed by atoms with Crippen molar-refractivity contribution < 1.29 is 19.1 Å². The van der Waals surface area contributed by atoms with Gasteiger partial charge in [-0.2, -0.15) is 0 Å². The SMILES string of the molecule is C=CCCCCNc1nc2ccc(OC(=O)/C=C\C(=O)Oc3ccc4nc(NCCCCC=C)sc4c3)cc2s1. The van der Waals surface area contributed by atoms with Gasteiger partial charge in [-0.1, -0.05) is 34.8 Å². The van der Waals surface area contributed by atoms with Crippen LogP contribution in [0.3, 0.4) is 0 Å². The van der Waals surface area contributed by atoms with Gasteiger partial charge in [-0.15, -0.1) is 13.2 Å². The molecule has 208 valence electrons. The molecule has 4 rings (SSSR count). The first-order valence-corrected chi connectivity index (χ1v) is 14.8. The molecule has 0 spiro atoms. The topological polar surface area (TPSA) is 102 Å². The van der Waals surface area contributed by atoms with Gasteiger partial charge in [0.05, 0.1) is 20.4 Å². The fourth-order valence-electron chi connectivity index (χ4n) is 3.74. The molecule has 0 aliphatic heterocycles. The molecule has 0 fully saturated rings. The summed E-state index contributed by atoms with van der Waals surface area (Å²) < 4.78 is 12.5. The van der Waals surface area contributed by atoms with Crippen molar-refractivity contribution in [2.45, 2.75) is 38.5 Å². The van der Waals surface area contributed by atoms with Crippen LogP contribution in [0.15, 0.2) is 73.9 Å². The van der Waals surface area contributed by atoms with Crippen molar-refractivity contribution in [1.82, 2.24) is 9.97 Å². The number of unbranched alkanes of at least 4 members (excludes halogenated alkanes) is 4. The summed E-state index contributed by atoms with van der Waals surface area (Å²) in [6.45, 7) is 9.14. The Morgan fingerprint density at radius 1 is 0.725 bits per heavy atom. The summed E-state index contributed by atoms with van der Waals surface area (Å²) in [7, 11) is 0. The number of nitrogens with zero attached hydrogens (tertiary/aromatic N) is 2. The second kappa shape index (κ2) is 14.9. The van der Waals surface area contributed by atoms with E-state index in [0.29, 0.717) is 11.5 Å². The number of ether oxygens (including phenoxy) is 2. The average molecular weight is 577 g/mol. The maximum absolute atomic E-state index is 12.3. The first-order chi connectivity index (χ1) is 19.5. The Hall–Kier alpha value is -4.02. The van der Waals surface area contributed by atoms with Crippen molar-refractivity contribution in [2.75, 3.05) is 23.7 Å². The number of esters is 2. The monoisotopic (exact) mass is 576 g/mol. The van der Waals surface area contributed by atoms with Crippen molar-refractivity contribution >= 4 is 65.3 Å². The molecule has 0 amide bonds. The summed E-state index contributed by atoms with van der Waals surface area (Å²) in [6.07, 6.45) is 12.2. The first kappa shape index (κ1) is 29.0. The first-order valence-electron chi connectivity index (χ1n) is 13.2. The van der Waals surface area contributed by atoms with E-state index in [0.717, 1.165) is 94.5 Å². The number of anilines is 2. The summed E-state index contributed by atoms with van der Waals surface area (Å²) in [6, 6.07) is 10.5. The van der Waals surface area contributed by atoms with Crippen molar-refractivity contribution in [3.05, 3.63) is 73.9 Å². The van der Waals surface area contributed by atoms with E-state index in [9.17, 15) is 9.59 Å². The van der Waals surface area contributed by atoms with Crippen LogP contribution in [0.5, 0.6) is 11.5 Å². The molecule has 4 aromatic rings. The van der Waals surface area contributed by atoms with Crippen LogP contribution in [0.4, 0.5) is 10.3 Å². The maximum Gasteiger partial charge on any atom is 0.336 e. The Balaban J connectivity index is 1.26. The third kappa shape index (κ3) is 8.75. The van der Waals surface area contributed by atoms with Gasteiger partial charge in [0, 0.05) is 37.4 Å². The summed E-state index contributed by atoms with van der Waals surface area (Å²) in [5, 5.41) is 8.29. The van der Waals surface area contributed by atoms with Gasteiger partial charge < -0.3 is 20.1 Å². The van der Waals surface area contributed by atoms with Gasteiger partial charge >= 0.3 is 11.9 Å². The predicted molar refractivity (Wildman–Crippen MR) is 165 cm³/mol. The highest BCUT2D eigenvalue weighted by molar-refractivity contribution is 7.22. The molecular weight excluding hydrogens is 544 g/mol. The van der Waals surface area contributed by atoms with E-state index in [-0.39, 0.29) is 0 Å². The van der Waals surface area contributed by atoms with Crippen molar-refractivity contribution in [3.8, 4) is 11.5 Å². The zero-order valence-corrected chi connectivity index (χ0v) is 23.8. The van der Waals surface area contributed by atoms with E-state index in [1.807, 2.05) is 12.2 Å². The van der Waals surface area contributed by atoms with Gasteiger partial charge in [-0.25, -0.2) is 19.6 Å². The fourth-order valence-corrected chi connectivity index (χ4v) is 5.58. The number of allylic oxidation sites excluding steroid dienone is 2. The van der Waals surface area contributed by atoms with Crippen LogP contribution in [0, 0.1) is 0 Å². The molecule has 0 aliphatic rings. The Morgan fingerprint density at radius 3 is 1.60 bits per heavy atom. The minimum atomic E-state index is -0.678. The minimum Gasteiger partial charge on any atom is -0.423 e. The molecule has 2 aromatic heterocycles. The van der Waals surface area contributed by atoms with Crippen LogP contribution >= 0.6 is 22.7 Å². The molecule has 40 heavy (non-hydrogen) atoms. The summed E-state index contributed by atoms with van der Waals surface area (Å²) in [4.78, 5) is 33.7. The lowest BCUT2D eigenvalue weighted by Crippen LogP contribution is -2.08. The number of rotatable bonds is 16. The quantitative estimate of drug-likeness (QED) is 0.0464. The van der Waals surface area contributed by atoms with Gasteiger partial charge in [0.2, 0.25) is 0 Å². The Morgan fingerprint density at radius 2 is 1.18 bits per heavy atom. The number of nitrogens with one attached hydrogen (secondary N) is 2. The lowest BCUT2D eigenvalue weighted by molar-refractivity contribution is -0.131. The van der Waals surface area contributed by atoms with E-state index in [2.05, 4.69) is 33.8 Å². The van der Waals surface area contributed by atoms with E-state index in [1.165, 1.54) is 22.7 Å². The number of thiazole rings is 2. The van der Waals surface area contributed by atoms with Gasteiger partial charge in [0.1, 0.15) is 11.5 Å². The molecule has 8 nitrogen and oxygen atoms in total.